The highest BCUT2D eigenvalue weighted by Gasteiger charge is 2.22. The van der Waals surface area contributed by atoms with Crippen molar-refractivity contribution in [3.8, 4) is 0 Å². The van der Waals surface area contributed by atoms with E-state index >= 15 is 0 Å². The van der Waals surface area contributed by atoms with Crippen LogP contribution in [0.3, 0.4) is 0 Å². The average molecular weight is 276 g/mol. The summed E-state index contributed by atoms with van der Waals surface area (Å²) in [5.41, 5.74) is 0.460. The number of nitrogens with zero attached hydrogens (tertiary/aromatic N) is 4. The number of urea groups is 1. The molecule has 0 radical (unpaired) electrons. The molecule has 1 aromatic carbocycles. The molecule has 0 fully saturated rings. The van der Waals surface area contributed by atoms with E-state index in [-0.39, 0.29) is 5.95 Å². The number of anilines is 1. The van der Waals surface area contributed by atoms with Crippen LogP contribution in [-0.2, 0) is 11.8 Å². The largest absolute Gasteiger partial charge is 0.479 e. The molecule has 0 aliphatic rings. The number of aryl methyl sites for hydroxylation is 1. The highest BCUT2D eigenvalue weighted by Crippen LogP contribution is 2.12. The van der Waals surface area contributed by atoms with Crippen LogP contribution in [0.25, 0.3) is 0 Å². The van der Waals surface area contributed by atoms with Crippen molar-refractivity contribution in [1.82, 2.24) is 25.5 Å². The van der Waals surface area contributed by atoms with Crippen molar-refractivity contribution >= 4 is 17.9 Å². The summed E-state index contributed by atoms with van der Waals surface area (Å²) in [4.78, 5) is 24.1. The predicted molar refractivity (Wildman–Crippen MR) is 67.8 cm³/mol. The Bertz CT molecular complexity index is 612. The first-order chi connectivity index (χ1) is 9.56. The molecule has 2 rings (SSSR count). The van der Waals surface area contributed by atoms with Gasteiger partial charge in [-0.1, -0.05) is 35.4 Å². The number of carboxylic acid groups (broad SMARTS) is 1. The van der Waals surface area contributed by atoms with Crippen LogP contribution < -0.4 is 10.6 Å². The molecule has 2 amide bonds. The Morgan fingerprint density at radius 3 is 2.55 bits per heavy atom. The summed E-state index contributed by atoms with van der Waals surface area (Å²) in [5, 5.41) is 24.6. The minimum Gasteiger partial charge on any atom is -0.479 e. The first-order valence-electron chi connectivity index (χ1n) is 5.65. The number of rotatable bonds is 4. The highest BCUT2D eigenvalue weighted by atomic mass is 16.4. The number of hydrogen-bond acceptors (Lipinski definition) is 5. The number of carbonyl (C=O) groups excluding carboxylic acids is 1. The number of hydrogen-bond donors (Lipinski definition) is 3. The van der Waals surface area contributed by atoms with Crippen molar-refractivity contribution in [2.45, 2.75) is 6.04 Å². The van der Waals surface area contributed by atoms with E-state index in [0.717, 1.165) is 0 Å². The zero-order valence-electron chi connectivity index (χ0n) is 10.5. The van der Waals surface area contributed by atoms with Crippen LogP contribution in [0.1, 0.15) is 11.6 Å². The number of tetrazole rings is 1. The number of carboxylic acids is 1. The fourth-order valence-electron chi connectivity index (χ4n) is 1.54. The van der Waals surface area contributed by atoms with Crippen molar-refractivity contribution in [2.75, 3.05) is 5.32 Å². The molecule has 1 aromatic heterocycles. The molecule has 0 unspecified atom stereocenters. The number of amides is 2. The molecule has 0 aliphatic heterocycles. The lowest BCUT2D eigenvalue weighted by Crippen LogP contribution is -2.37. The fourth-order valence-corrected chi connectivity index (χ4v) is 1.54. The molecule has 20 heavy (non-hydrogen) atoms. The molecule has 0 saturated carbocycles. The Hall–Kier alpha value is -2.97. The third-order valence-electron chi connectivity index (χ3n) is 2.39. The Morgan fingerprint density at radius 2 is 2.00 bits per heavy atom. The minimum absolute atomic E-state index is 0.0119. The lowest BCUT2D eigenvalue weighted by molar-refractivity contribution is -0.139. The molecule has 0 aliphatic carbocycles. The molecule has 3 N–H and O–H groups in total. The smallest absolute Gasteiger partial charge is 0.330 e. The molecule has 1 atom stereocenters. The molecule has 0 saturated heterocycles. The monoisotopic (exact) mass is 276 g/mol. The molecule has 9 heteroatoms. The van der Waals surface area contributed by atoms with Gasteiger partial charge in [0.25, 0.3) is 5.95 Å². The van der Waals surface area contributed by atoms with Gasteiger partial charge in [0.2, 0.25) is 0 Å². The molecule has 104 valence electrons. The number of benzene rings is 1. The maximum absolute atomic E-state index is 11.7. The number of nitrogens with one attached hydrogen (secondary N) is 2. The molecule has 9 nitrogen and oxygen atoms in total. The van der Waals surface area contributed by atoms with E-state index in [4.69, 9.17) is 5.11 Å². The summed E-state index contributed by atoms with van der Waals surface area (Å²) in [6.07, 6.45) is 0. The lowest BCUT2D eigenvalue weighted by Gasteiger charge is -2.14. The van der Waals surface area contributed by atoms with Crippen LogP contribution in [0.2, 0.25) is 0 Å². The van der Waals surface area contributed by atoms with Crippen LogP contribution >= 0.6 is 0 Å². The van der Waals surface area contributed by atoms with Crippen molar-refractivity contribution in [3.05, 3.63) is 35.9 Å². The van der Waals surface area contributed by atoms with Crippen LogP contribution in [0.4, 0.5) is 10.7 Å². The van der Waals surface area contributed by atoms with E-state index in [2.05, 4.69) is 26.0 Å². The Labute approximate surface area is 113 Å². The topological polar surface area (TPSA) is 122 Å². The van der Waals surface area contributed by atoms with Gasteiger partial charge in [0.1, 0.15) is 0 Å². The number of aliphatic carboxylic acids is 1. The van der Waals surface area contributed by atoms with Crippen LogP contribution in [0, 0.1) is 0 Å². The van der Waals surface area contributed by atoms with Gasteiger partial charge in [0, 0.05) is 0 Å². The van der Waals surface area contributed by atoms with E-state index in [1.165, 1.54) is 4.80 Å². The highest BCUT2D eigenvalue weighted by molar-refractivity contribution is 5.91. The SMILES string of the molecule is Cn1nnc(NC(=O)N[C@@H](C(=O)O)c2ccccc2)n1. The second-order valence-corrected chi connectivity index (χ2v) is 3.88. The quantitative estimate of drug-likeness (QED) is 0.731. The summed E-state index contributed by atoms with van der Waals surface area (Å²) < 4.78 is 0. The summed E-state index contributed by atoms with van der Waals surface area (Å²) in [6.45, 7) is 0. The van der Waals surface area contributed by atoms with Gasteiger partial charge in [0.15, 0.2) is 6.04 Å². The zero-order valence-corrected chi connectivity index (χ0v) is 10.5. The van der Waals surface area contributed by atoms with Crippen molar-refractivity contribution < 1.29 is 14.7 Å². The predicted octanol–water partition coefficient (Wildman–Crippen LogP) is 0.157. The van der Waals surface area contributed by atoms with Gasteiger partial charge in [-0.25, -0.2) is 9.59 Å². The summed E-state index contributed by atoms with van der Waals surface area (Å²) in [6, 6.07) is 6.47. The molecule has 2 aromatic rings. The third-order valence-corrected chi connectivity index (χ3v) is 2.39. The Balaban J connectivity index is 2.05. The van der Waals surface area contributed by atoms with Crippen molar-refractivity contribution in [1.29, 1.82) is 0 Å². The van der Waals surface area contributed by atoms with Crippen LogP contribution in [0.5, 0.6) is 0 Å². The van der Waals surface area contributed by atoms with E-state index in [1.807, 2.05) is 0 Å². The molecular formula is C11H12N6O3. The van der Waals surface area contributed by atoms with Gasteiger partial charge in [-0.3, -0.25) is 5.32 Å². The van der Waals surface area contributed by atoms with E-state index in [1.54, 1.807) is 37.4 Å². The fraction of sp³-hybridized carbons (Fsp3) is 0.182. The number of aromatic nitrogens is 4. The first-order valence-corrected chi connectivity index (χ1v) is 5.65. The molecule has 0 bridgehead atoms. The third kappa shape index (κ3) is 3.28. The lowest BCUT2D eigenvalue weighted by atomic mass is 10.1. The maximum atomic E-state index is 11.7. The van der Waals surface area contributed by atoms with Gasteiger partial charge < -0.3 is 10.4 Å². The molecule has 1 heterocycles. The van der Waals surface area contributed by atoms with Gasteiger partial charge in [-0.2, -0.15) is 4.80 Å². The van der Waals surface area contributed by atoms with Gasteiger partial charge in [0.05, 0.1) is 7.05 Å². The van der Waals surface area contributed by atoms with E-state index < -0.39 is 18.0 Å². The van der Waals surface area contributed by atoms with Crippen molar-refractivity contribution in [3.63, 3.8) is 0 Å². The Morgan fingerprint density at radius 1 is 1.30 bits per heavy atom. The summed E-state index contributed by atoms with van der Waals surface area (Å²) in [5.74, 6) is -1.18. The number of carbonyl (C=O) groups is 2. The summed E-state index contributed by atoms with van der Waals surface area (Å²) >= 11 is 0. The van der Waals surface area contributed by atoms with Crippen LogP contribution in [0.15, 0.2) is 30.3 Å². The van der Waals surface area contributed by atoms with Gasteiger partial charge in [-0.15, -0.1) is 5.10 Å². The van der Waals surface area contributed by atoms with Crippen LogP contribution in [-0.4, -0.2) is 37.3 Å². The van der Waals surface area contributed by atoms with Gasteiger partial charge in [-0.05, 0) is 10.8 Å². The van der Waals surface area contributed by atoms with E-state index in [9.17, 15) is 9.59 Å². The second-order valence-electron chi connectivity index (χ2n) is 3.88. The average Bonchev–Trinajstić information content (AvgIpc) is 2.82. The molecule has 0 spiro atoms. The minimum atomic E-state index is -1.17. The van der Waals surface area contributed by atoms with Gasteiger partial charge >= 0.3 is 12.0 Å². The zero-order chi connectivity index (χ0) is 14.5. The molecular weight excluding hydrogens is 264 g/mol. The maximum Gasteiger partial charge on any atom is 0.330 e. The van der Waals surface area contributed by atoms with Crippen molar-refractivity contribution in [2.24, 2.45) is 7.05 Å². The Kier molecular flexibility index (Phi) is 3.89. The van der Waals surface area contributed by atoms with E-state index in [0.29, 0.717) is 5.56 Å². The summed E-state index contributed by atoms with van der Waals surface area (Å²) in [7, 11) is 1.54. The second kappa shape index (κ2) is 5.78. The first kappa shape index (κ1) is 13.5. The normalized spacial score (nSPS) is 11.7. The standard InChI is InChI=1S/C11H12N6O3/c1-17-15-10(14-16-17)13-11(20)12-8(9(18)19)7-5-3-2-4-6-7/h2-6,8H,1H3,(H,18,19)(H2,12,13,15,20)/t8-/m1/s1.